The van der Waals surface area contributed by atoms with Crippen LogP contribution >= 0.6 is 23.1 Å². The summed E-state index contributed by atoms with van der Waals surface area (Å²) in [6.07, 6.45) is 1.94. The molecule has 16 heavy (non-hydrogen) atoms. The summed E-state index contributed by atoms with van der Waals surface area (Å²) >= 11 is 2.89. The lowest BCUT2D eigenvalue weighted by molar-refractivity contribution is 0.0533. The fourth-order valence-electron chi connectivity index (χ4n) is 1.26. The zero-order valence-corrected chi connectivity index (χ0v) is 11.3. The standard InChI is InChI=1S/C10H16N2O2S2/c1-4-12-9-7(15-3)6(11)8(16-9)10(13)14-5-2/h12H,4-5,11H2,1-3H3. The highest BCUT2D eigenvalue weighted by Gasteiger charge is 2.21. The predicted octanol–water partition coefficient (Wildman–Crippen LogP) is 2.66. The van der Waals surface area contributed by atoms with E-state index in [9.17, 15) is 4.79 Å². The molecule has 0 amide bonds. The summed E-state index contributed by atoms with van der Waals surface area (Å²) < 4.78 is 4.95. The van der Waals surface area contributed by atoms with Crippen molar-refractivity contribution in [3.05, 3.63) is 4.88 Å². The number of esters is 1. The van der Waals surface area contributed by atoms with Gasteiger partial charge in [-0.05, 0) is 20.1 Å². The number of hydrogen-bond acceptors (Lipinski definition) is 6. The zero-order valence-electron chi connectivity index (χ0n) is 9.62. The van der Waals surface area contributed by atoms with Gasteiger partial charge in [0.05, 0.1) is 17.2 Å². The summed E-state index contributed by atoms with van der Waals surface area (Å²) in [5.74, 6) is -0.343. The smallest absolute Gasteiger partial charge is 0.350 e. The molecule has 0 aliphatic heterocycles. The molecule has 4 nitrogen and oxygen atoms in total. The fraction of sp³-hybridized carbons (Fsp3) is 0.500. The molecule has 3 N–H and O–H groups in total. The normalized spacial score (nSPS) is 10.2. The number of hydrogen-bond donors (Lipinski definition) is 2. The number of carbonyl (C=O) groups is 1. The van der Waals surface area contributed by atoms with Crippen LogP contribution in [0.1, 0.15) is 23.5 Å². The Kier molecular flexibility index (Phi) is 4.95. The highest BCUT2D eigenvalue weighted by molar-refractivity contribution is 7.99. The first-order chi connectivity index (χ1) is 7.65. The molecule has 0 aliphatic carbocycles. The summed E-state index contributed by atoms with van der Waals surface area (Å²) in [4.78, 5) is 13.0. The molecular formula is C10H16N2O2S2. The maximum atomic E-state index is 11.6. The van der Waals surface area contributed by atoms with Crippen molar-refractivity contribution in [1.82, 2.24) is 0 Å². The third kappa shape index (κ3) is 2.62. The van der Waals surface area contributed by atoms with E-state index < -0.39 is 0 Å². The number of nitrogens with two attached hydrogens (primary N) is 1. The van der Waals surface area contributed by atoms with E-state index in [1.165, 1.54) is 23.1 Å². The average Bonchev–Trinajstić information content (AvgIpc) is 2.56. The van der Waals surface area contributed by atoms with Crippen LogP contribution in [-0.2, 0) is 4.74 Å². The SMILES string of the molecule is CCNc1sc(C(=O)OCC)c(N)c1SC. The fourth-order valence-corrected chi connectivity index (χ4v) is 3.25. The Morgan fingerprint density at radius 2 is 2.25 bits per heavy atom. The van der Waals surface area contributed by atoms with Crippen LogP contribution in [-0.4, -0.2) is 25.4 Å². The molecular weight excluding hydrogens is 244 g/mol. The number of anilines is 2. The molecule has 0 aliphatic rings. The minimum absolute atomic E-state index is 0.343. The van der Waals surface area contributed by atoms with E-state index in [0.717, 1.165) is 16.4 Å². The van der Waals surface area contributed by atoms with E-state index in [1.54, 1.807) is 6.92 Å². The first kappa shape index (κ1) is 13.2. The van der Waals surface area contributed by atoms with Crippen molar-refractivity contribution in [2.24, 2.45) is 0 Å². The van der Waals surface area contributed by atoms with E-state index in [4.69, 9.17) is 10.5 Å². The number of rotatable bonds is 5. The van der Waals surface area contributed by atoms with Crippen LogP contribution in [0.25, 0.3) is 0 Å². The Labute approximate surface area is 104 Å². The van der Waals surface area contributed by atoms with Crippen molar-refractivity contribution in [2.75, 3.05) is 30.5 Å². The zero-order chi connectivity index (χ0) is 12.1. The topological polar surface area (TPSA) is 64.3 Å². The number of ether oxygens (including phenoxy) is 1. The molecule has 0 aromatic carbocycles. The maximum Gasteiger partial charge on any atom is 0.350 e. The summed E-state index contributed by atoms with van der Waals surface area (Å²) in [6.45, 7) is 4.95. The van der Waals surface area contributed by atoms with Crippen molar-refractivity contribution < 1.29 is 9.53 Å². The van der Waals surface area contributed by atoms with Gasteiger partial charge in [0, 0.05) is 6.54 Å². The Hall–Kier alpha value is -0.880. The largest absolute Gasteiger partial charge is 0.462 e. The summed E-state index contributed by atoms with van der Waals surface area (Å²) in [6, 6.07) is 0. The third-order valence-corrected chi connectivity index (χ3v) is 4.01. The maximum absolute atomic E-state index is 11.6. The van der Waals surface area contributed by atoms with Gasteiger partial charge in [-0.3, -0.25) is 0 Å². The second-order valence-corrected chi connectivity index (χ2v) is 4.80. The monoisotopic (exact) mass is 260 g/mol. The quantitative estimate of drug-likeness (QED) is 0.629. The van der Waals surface area contributed by atoms with Crippen LogP contribution in [0.2, 0.25) is 0 Å². The van der Waals surface area contributed by atoms with Crippen molar-refractivity contribution >= 4 is 39.8 Å². The van der Waals surface area contributed by atoms with Gasteiger partial charge in [0.25, 0.3) is 0 Å². The average molecular weight is 260 g/mol. The Balaban J connectivity index is 3.06. The Bertz CT molecular complexity index is 377. The molecule has 0 radical (unpaired) electrons. The summed E-state index contributed by atoms with van der Waals surface area (Å²) in [5.41, 5.74) is 6.45. The number of thiophene rings is 1. The second kappa shape index (κ2) is 6.00. The van der Waals surface area contributed by atoms with E-state index in [2.05, 4.69) is 5.32 Å². The highest BCUT2D eigenvalue weighted by Crippen LogP contribution is 2.41. The molecule has 0 unspecified atom stereocenters. The lowest BCUT2D eigenvalue weighted by Crippen LogP contribution is -2.04. The van der Waals surface area contributed by atoms with Crippen molar-refractivity contribution in [3.63, 3.8) is 0 Å². The van der Waals surface area contributed by atoms with Crippen LogP contribution in [0.3, 0.4) is 0 Å². The van der Waals surface area contributed by atoms with Gasteiger partial charge < -0.3 is 15.8 Å². The molecule has 0 saturated carbocycles. The first-order valence-corrected chi connectivity index (χ1v) is 7.07. The van der Waals surface area contributed by atoms with Crippen LogP contribution in [0.4, 0.5) is 10.7 Å². The van der Waals surface area contributed by atoms with E-state index >= 15 is 0 Å². The number of nitrogen functional groups attached to an aromatic ring is 1. The van der Waals surface area contributed by atoms with Gasteiger partial charge in [-0.15, -0.1) is 23.1 Å². The number of thioether (sulfide) groups is 1. The molecule has 0 saturated heterocycles. The van der Waals surface area contributed by atoms with E-state index in [1.807, 2.05) is 13.2 Å². The van der Waals surface area contributed by atoms with E-state index in [0.29, 0.717) is 17.2 Å². The van der Waals surface area contributed by atoms with Crippen molar-refractivity contribution in [1.29, 1.82) is 0 Å². The predicted molar refractivity (Wildman–Crippen MR) is 70.6 cm³/mol. The summed E-state index contributed by atoms with van der Waals surface area (Å²) in [7, 11) is 0. The van der Waals surface area contributed by atoms with Crippen molar-refractivity contribution in [2.45, 2.75) is 18.7 Å². The van der Waals surface area contributed by atoms with Gasteiger partial charge in [0.15, 0.2) is 0 Å². The lowest BCUT2D eigenvalue weighted by atomic mass is 10.4. The Morgan fingerprint density at radius 3 is 2.75 bits per heavy atom. The molecule has 0 atom stereocenters. The molecule has 1 rings (SSSR count). The summed E-state index contributed by atoms with van der Waals surface area (Å²) in [5, 5.41) is 4.14. The Morgan fingerprint density at radius 1 is 1.56 bits per heavy atom. The van der Waals surface area contributed by atoms with Gasteiger partial charge in [-0.2, -0.15) is 0 Å². The van der Waals surface area contributed by atoms with Crippen LogP contribution in [0, 0.1) is 0 Å². The van der Waals surface area contributed by atoms with Gasteiger partial charge in [0.2, 0.25) is 0 Å². The minimum Gasteiger partial charge on any atom is -0.462 e. The molecule has 0 spiro atoms. The highest BCUT2D eigenvalue weighted by atomic mass is 32.2. The second-order valence-electron chi connectivity index (χ2n) is 2.96. The third-order valence-electron chi connectivity index (χ3n) is 1.90. The van der Waals surface area contributed by atoms with E-state index in [-0.39, 0.29) is 5.97 Å². The molecule has 6 heteroatoms. The molecule has 1 aromatic rings. The molecule has 1 aromatic heterocycles. The van der Waals surface area contributed by atoms with Gasteiger partial charge >= 0.3 is 5.97 Å². The molecule has 1 heterocycles. The van der Waals surface area contributed by atoms with Crippen molar-refractivity contribution in [3.8, 4) is 0 Å². The molecule has 0 bridgehead atoms. The van der Waals surface area contributed by atoms with Gasteiger partial charge in [0.1, 0.15) is 9.88 Å². The molecule has 0 fully saturated rings. The van der Waals surface area contributed by atoms with Gasteiger partial charge in [-0.1, -0.05) is 0 Å². The lowest BCUT2D eigenvalue weighted by Gasteiger charge is -2.02. The first-order valence-electron chi connectivity index (χ1n) is 5.02. The van der Waals surface area contributed by atoms with Crippen LogP contribution < -0.4 is 11.1 Å². The molecule has 90 valence electrons. The van der Waals surface area contributed by atoms with Gasteiger partial charge in [-0.25, -0.2) is 4.79 Å². The number of carbonyl (C=O) groups excluding carboxylic acids is 1. The van der Waals surface area contributed by atoms with Crippen LogP contribution in [0.5, 0.6) is 0 Å². The minimum atomic E-state index is -0.343. The number of nitrogens with one attached hydrogen (secondary N) is 1. The van der Waals surface area contributed by atoms with Crippen LogP contribution in [0.15, 0.2) is 4.90 Å².